The topological polar surface area (TPSA) is 33.7 Å². The van der Waals surface area contributed by atoms with E-state index in [9.17, 15) is 4.39 Å². The van der Waals surface area contributed by atoms with Crippen LogP contribution >= 0.6 is 12.2 Å². The zero-order valence-corrected chi connectivity index (χ0v) is 13.2. The molecule has 6 heteroatoms. The second kappa shape index (κ2) is 5.10. The summed E-state index contributed by atoms with van der Waals surface area (Å²) in [6.07, 6.45) is 0. The van der Waals surface area contributed by atoms with E-state index >= 15 is 0 Å². The molecule has 2 aliphatic rings. The van der Waals surface area contributed by atoms with Gasteiger partial charge in [0.05, 0.1) is 12.6 Å². The van der Waals surface area contributed by atoms with Crippen LogP contribution in [-0.2, 0) is 4.74 Å². The lowest BCUT2D eigenvalue weighted by Crippen LogP contribution is -2.69. The van der Waals surface area contributed by atoms with E-state index in [0.29, 0.717) is 24.0 Å². The molecule has 0 saturated carbocycles. The smallest absolute Gasteiger partial charge is 0.186 e. The summed E-state index contributed by atoms with van der Waals surface area (Å²) in [7, 11) is 1.66. The van der Waals surface area contributed by atoms with Crippen LogP contribution in [0.15, 0.2) is 18.2 Å². The predicted molar refractivity (Wildman–Crippen MR) is 81.7 cm³/mol. The maximum absolute atomic E-state index is 13.5. The van der Waals surface area contributed by atoms with Crippen LogP contribution in [0.4, 0.5) is 4.39 Å². The Hall–Kier alpha value is -1.40. The van der Waals surface area contributed by atoms with Gasteiger partial charge in [-0.05, 0) is 37.3 Å². The van der Waals surface area contributed by atoms with Gasteiger partial charge in [0.25, 0.3) is 0 Å². The second-order valence-corrected chi connectivity index (χ2v) is 6.09. The molecule has 1 aromatic rings. The first kappa shape index (κ1) is 14.5. The molecule has 1 N–H and O–H groups in total. The number of ether oxygens (including phenoxy) is 2. The summed E-state index contributed by atoms with van der Waals surface area (Å²) < 4.78 is 24.9. The Morgan fingerprint density at radius 1 is 1.52 bits per heavy atom. The second-order valence-electron chi connectivity index (χ2n) is 5.70. The summed E-state index contributed by atoms with van der Waals surface area (Å²) >= 11 is 5.47. The van der Waals surface area contributed by atoms with Gasteiger partial charge in [-0.1, -0.05) is 6.92 Å². The minimum Gasteiger partial charge on any atom is -0.467 e. The van der Waals surface area contributed by atoms with E-state index in [0.717, 1.165) is 5.56 Å². The van der Waals surface area contributed by atoms with Crippen molar-refractivity contribution in [3.05, 3.63) is 29.6 Å². The van der Waals surface area contributed by atoms with Crippen molar-refractivity contribution in [2.75, 3.05) is 20.3 Å². The van der Waals surface area contributed by atoms with Gasteiger partial charge in [0.1, 0.15) is 11.6 Å². The molecule has 1 aromatic carbocycles. The summed E-state index contributed by atoms with van der Waals surface area (Å²) in [6.45, 7) is 5.33. The number of fused-ring (bicyclic) bond motifs is 4. The monoisotopic (exact) mass is 310 g/mol. The summed E-state index contributed by atoms with van der Waals surface area (Å²) in [5, 5.41) is 3.94. The number of nitrogens with zero attached hydrogens (tertiary/aromatic N) is 1. The molecule has 0 amide bonds. The molecule has 3 unspecified atom stereocenters. The normalized spacial score (nSPS) is 30.5. The number of hydrogen-bond acceptors (Lipinski definition) is 3. The molecular weight excluding hydrogens is 291 g/mol. The fourth-order valence-electron chi connectivity index (χ4n) is 3.17. The molecule has 3 atom stereocenters. The quantitative estimate of drug-likeness (QED) is 0.867. The molecule has 0 radical (unpaired) electrons. The molecule has 2 bridgehead atoms. The fourth-order valence-corrected chi connectivity index (χ4v) is 3.57. The van der Waals surface area contributed by atoms with Crippen molar-refractivity contribution in [3.63, 3.8) is 0 Å². The number of hydrogen-bond donors (Lipinski definition) is 1. The molecule has 2 heterocycles. The van der Waals surface area contributed by atoms with Crippen molar-refractivity contribution in [2.24, 2.45) is 5.92 Å². The average molecular weight is 310 g/mol. The van der Waals surface area contributed by atoms with Crippen molar-refractivity contribution < 1.29 is 13.9 Å². The van der Waals surface area contributed by atoms with Crippen molar-refractivity contribution in [3.8, 4) is 5.75 Å². The molecule has 1 saturated heterocycles. The third-order valence-electron chi connectivity index (χ3n) is 4.55. The Kier molecular flexibility index (Phi) is 3.53. The van der Waals surface area contributed by atoms with Gasteiger partial charge in [-0.15, -0.1) is 0 Å². The number of rotatable bonds is 3. The minimum atomic E-state index is -0.559. The Bertz CT molecular complexity index is 583. The van der Waals surface area contributed by atoms with Gasteiger partial charge in [0.2, 0.25) is 0 Å². The molecule has 0 spiro atoms. The van der Waals surface area contributed by atoms with E-state index in [-0.39, 0.29) is 17.8 Å². The zero-order valence-electron chi connectivity index (χ0n) is 12.4. The highest BCUT2D eigenvalue weighted by Crippen LogP contribution is 2.47. The summed E-state index contributed by atoms with van der Waals surface area (Å²) in [5.74, 6) is 0.567. The highest BCUT2D eigenvalue weighted by molar-refractivity contribution is 7.80. The predicted octanol–water partition coefficient (Wildman–Crippen LogP) is 2.45. The third-order valence-corrected chi connectivity index (χ3v) is 4.89. The fraction of sp³-hybridized carbons (Fsp3) is 0.533. The first-order valence-electron chi connectivity index (χ1n) is 7.03. The Balaban J connectivity index is 2.03. The third kappa shape index (κ3) is 2.17. The van der Waals surface area contributed by atoms with Crippen molar-refractivity contribution in [1.82, 2.24) is 10.2 Å². The van der Waals surface area contributed by atoms with Gasteiger partial charge in [-0.25, -0.2) is 4.39 Å². The van der Waals surface area contributed by atoms with Gasteiger partial charge < -0.3 is 19.7 Å². The molecule has 0 aromatic heterocycles. The van der Waals surface area contributed by atoms with E-state index < -0.39 is 5.72 Å². The van der Waals surface area contributed by atoms with E-state index in [1.165, 1.54) is 12.1 Å². The maximum Gasteiger partial charge on any atom is 0.186 e. The minimum absolute atomic E-state index is 0.0410. The molecule has 3 rings (SSSR count). The van der Waals surface area contributed by atoms with Crippen LogP contribution in [0.1, 0.15) is 25.5 Å². The SMILES string of the molecule is COCCN1C(=S)NC2c3cc(F)ccc3OC1(C)C2C. The van der Waals surface area contributed by atoms with Gasteiger partial charge in [-0.2, -0.15) is 0 Å². The number of thiocarbonyl (C=S) groups is 1. The van der Waals surface area contributed by atoms with Crippen LogP contribution in [0.5, 0.6) is 5.75 Å². The summed E-state index contributed by atoms with van der Waals surface area (Å²) in [5.41, 5.74) is 0.268. The highest BCUT2D eigenvalue weighted by atomic mass is 32.1. The molecule has 4 nitrogen and oxygen atoms in total. The van der Waals surface area contributed by atoms with Crippen LogP contribution in [0.3, 0.4) is 0 Å². The standard InChI is InChI=1S/C15H19FN2O2S/c1-9-13-11-8-10(16)4-5-12(11)20-15(9,2)18(6-7-19-3)14(21)17-13/h4-5,8-9,13H,6-7H2,1-3H3,(H,17,21). The van der Waals surface area contributed by atoms with Gasteiger partial charge >= 0.3 is 0 Å². The Labute approximate surface area is 129 Å². The van der Waals surface area contributed by atoms with Crippen LogP contribution in [0.2, 0.25) is 0 Å². The molecule has 114 valence electrons. The first-order chi connectivity index (χ1) is 9.97. The molecule has 0 aliphatic carbocycles. The molecular formula is C15H19FN2O2S. The van der Waals surface area contributed by atoms with Crippen LogP contribution < -0.4 is 10.1 Å². The Morgan fingerprint density at radius 2 is 2.29 bits per heavy atom. The van der Waals surface area contributed by atoms with Gasteiger partial charge in [0, 0.05) is 25.1 Å². The number of methoxy groups -OCH3 is 1. The van der Waals surface area contributed by atoms with Gasteiger partial charge in [-0.3, -0.25) is 0 Å². The largest absolute Gasteiger partial charge is 0.467 e. The highest BCUT2D eigenvalue weighted by Gasteiger charge is 2.53. The molecule has 1 fully saturated rings. The average Bonchev–Trinajstić information content (AvgIpc) is 2.44. The lowest BCUT2D eigenvalue weighted by Gasteiger charge is -2.56. The lowest BCUT2D eigenvalue weighted by molar-refractivity contribution is -0.114. The van der Waals surface area contributed by atoms with Crippen molar-refractivity contribution in [1.29, 1.82) is 0 Å². The van der Waals surface area contributed by atoms with Gasteiger partial charge in [0.15, 0.2) is 10.8 Å². The zero-order chi connectivity index (χ0) is 15.2. The number of nitrogens with one attached hydrogen (secondary N) is 1. The number of halogens is 1. The van der Waals surface area contributed by atoms with Crippen LogP contribution in [-0.4, -0.2) is 36.0 Å². The van der Waals surface area contributed by atoms with Crippen LogP contribution in [0.25, 0.3) is 0 Å². The molecule has 2 aliphatic heterocycles. The Morgan fingerprint density at radius 3 is 3.00 bits per heavy atom. The molecule has 21 heavy (non-hydrogen) atoms. The van der Waals surface area contributed by atoms with E-state index in [4.69, 9.17) is 21.7 Å². The van der Waals surface area contributed by atoms with Crippen LogP contribution in [0, 0.1) is 11.7 Å². The van der Waals surface area contributed by atoms with E-state index in [2.05, 4.69) is 12.2 Å². The summed E-state index contributed by atoms with van der Waals surface area (Å²) in [4.78, 5) is 2.01. The first-order valence-corrected chi connectivity index (χ1v) is 7.43. The maximum atomic E-state index is 13.5. The van der Waals surface area contributed by atoms with E-state index in [1.54, 1.807) is 13.2 Å². The number of benzene rings is 1. The van der Waals surface area contributed by atoms with E-state index in [1.807, 2.05) is 11.8 Å². The van der Waals surface area contributed by atoms with Crippen molar-refractivity contribution in [2.45, 2.75) is 25.6 Å². The lowest BCUT2D eigenvalue weighted by atomic mass is 9.81. The van der Waals surface area contributed by atoms with Crippen molar-refractivity contribution >= 4 is 17.3 Å². The summed E-state index contributed by atoms with van der Waals surface area (Å²) in [6, 6.07) is 4.59.